The van der Waals surface area contributed by atoms with E-state index in [-0.39, 0.29) is 0 Å². The van der Waals surface area contributed by atoms with Gasteiger partial charge in [-0.25, -0.2) is 9.97 Å². The number of hydrogen-bond acceptors (Lipinski definition) is 3. The summed E-state index contributed by atoms with van der Waals surface area (Å²) in [4.78, 5) is 10.8. The minimum Gasteiger partial charge on any atom is -0.356 e. The van der Waals surface area contributed by atoms with E-state index in [0.29, 0.717) is 11.1 Å². The van der Waals surface area contributed by atoms with Gasteiger partial charge in [0.2, 0.25) is 0 Å². The van der Waals surface area contributed by atoms with Gasteiger partial charge in [0.15, 0.2) is 0 Å². The number of rotatable bonds is 6. The summed E-state index contributed by atoms with van der Waals surface area (Å²) in [6, 6.07) is 0. The highest BCUT2D eigenvalue weighted by atomic mass is 35.5. The molecule has 0 atom stereocenters. The molecule has 1 rings (SSSR count). The van der Waals surface area contributed by atoms with Crippen LogP contribution in [-0.2, 0) is 6.42 Å². The topological polar surface area (TPSA) is 29.0 Å². The highest BCUT2D eigenvalue weighted by Crippen LogP contribution is 2.25. The van der Waals surface area contributed by atoms with Crippen molar-refractivity contribution in [1.29, 1.82) is 0 Å². The van der Waals surface area contributed by atoms with Gasteiger partial charge in [-0.2, -0.15) is 0 Å². The first-order valence-electron chi connectivity index (χ1n) is 6.34. The van der Waals surface area contributed by atoms with Gasteiger partial charge in [-0.15, -0.1) is 0 Å². The molecule has 0 fully saturated rings. The quantitative estimate of drug-likeness (QED) is 0.728. The smallest absolute Gasteiger partial charge is 0.137 e. The second kappa shape index (κ2) is 6.80. The maximum atomic E-state index is 6.17. The van der Waals surface area contributed by atoms with Gasteiger partial charge in [-0.05, 0) is 19.3 Å². The molecule has 96 valence electrons. The molecule has 0 bridgehead atoms. The van der Waals surface area contributed by atoms with E-state index in [1.54, 1.807) is 6.33 Å². The van der Waals surface area contributed by atoms with E-state index in [9.17, 15) is 0 Å². The molecule has 0 spiro atoms. The lowest BCUT2D eigenvalue weighted by atomic mass is 10.1. The Morgan fingerprint density at radius 2 is 2.00 bits per heavy atom. The molecule has 0 saturated carbocycles. The number of hydrogen-bond donors (Lipinski definition) is 0. The zero-order valence-corrected chi connectivity index (χ0v) is 12.0. The van der Waals surface area contributed by atoms with Crippen molar-refractivity contribution in [2.75, 3.05) is 18.0 Å². The van der Waals surface area contributed by atoms with E-state index in [1.807, 2.05) is 0 Å². The molecular weight excluding hydrogens is 234 g/mol. The molecule has 17 heavy (non-hydrogen) atoms. The zero-order chi connectivity index (χ0) is 12.8. The molecule has 0 unspecified atom stereocenters. The Balaban J connectivity index is 3.04. The van der Waals surface area contributed by atoms with Crippen LogP contribution in [0.2, 0.25) is 5.15 Å². The lowest BCUT2D eigenvalue weighted by Gasteiger charge is -2.26. The van der Waals surface area contributed by atoms with Crippen LogP contribution in [0.15, 0.2) is 6.33 Å². The van der Waals surface area contributed by atoms with E-state index in [0.717, 1.165) is 37.3 Å². The molecule has 1 aromatic rings. The Hall–Kier alpha value is -0.830. The normalized spacial score (nSPS) is 10.9. The molecule has 0 aliphatic carbocycles. The van der Waals surface area contributed by atoms with Crippen molar-refractivity contribution in [2.45, 2.75) is 40.5 Å². The summed E-state index contributed by atoms with van der Waals surface area (Å²) in [6.45, 7) is 10.7. The third-order valence-electron chi connectivity index (χ3n) is 2.64. The predicted molar refractivity (Wildman–Crippen MR) is 73.8 cm³/mol. The Bertz CT molecular complexity index is 353. The first-order valence-corrected chi connectivity index (χ1v) is 6.72. The predicted octanol–water partition coefficient (Wildman–Crippen LogP) is 3.56. The van der Waals surface area contributed by atoms with Crippen LogP contribution in [0.4, 0.5) is 5.82 Å². The summed E-state index contributed by atoms with van der Waals surface area (Å²) in [6.07, 6.45) is 3.54. The highest BCUT2D eigenvalue weighted by molar-refractivity contribution is 6.30. The van der Waals surface area contributed by atoms with Gasteiger partial charge >= 0.3 is 0 Å². The average molecular weight is 256 g/mol. The van der Waals surface area contributed by atoms with Gasteiger partial charge in [-0.3, -0.25) is 0 Å². The molecule has 0 N–H and O–H groups in total. The summed E-state index contributed by atoms with van der Waals surface area (Å²) in [5.41, 5.74) is 1.08. The molecule has 0 saturated heterocycles. The molecule has 1 aromatic heterocycles. The van der Waals surface area contributed by atoms with E-state index in [2.05, 4.69) is 42.6 Å². The summed E-state index contributed by atoms with van der Waals surface area (Å²) in [7, 11) is 0. The van der Waals surface area contributed by atoms with Crippen molar-refractivity contribution >= 4 is 17.4 Å². The van der Waals surface area contributed by atoms with Gasteiger partial charge in [0.1, 0.15) is 17.3 Å². The molecule has 0 aliphatic rings. The SMILES string of the molecule is CCCc1c(Cl)ncnc1N(CC)CC(C)C. The van der Waals surface area contributed by atoms with Crippen molar-refractivity contribution in [3.05, 3.63) is 17.0 Å². The fourth-order valence-electron chi connectivity index (χ4n) is 1.93. The second-order valence-corrected chi connectivity index (χ2v) is 5.01. The third-order valence-corrected chi connectivity index (χ3v) is 2.96. The Morgan fingerprint density at radius 1 is 1.29 bits per heavy atom. The van der Waals surface area contributed by atoms with Crippen LogP contribution in [0.25, 0.3) is 0 Å². The van der Waals surface area contributed by atoms with Gasteiger partial charge in [0.25, 0.3) is 0 Å². The largest absolute Gasteiger partial charge is 0.356 e. The number of halogens is 1. The van der Waals surface area contributed by atoms with E-state index < -0.39 is 0 Å². The monoisotopic (exact) mass is 255 g/mol. The standard InChI is InChI=1S/C13H22ClN3/c1-5-7-11-12(14)15-9-16-13(11)17(6-2)8-10(3)4/h9-10H,5-8H2,1-4H3. The maximum absolute atomic E-state index is 6.17. The van der Waals surface area contributed by atoms with Gasteiger partial charge in [0.05, 0.1) is 0 Å². The number of anilines is 1. The van der Waals surface area contributed by atoms with Crippen LogP contribution in [0.1, 0.15) is 39.7 Å². The summed E-state index contributed by atoms with van der Waals surface area (Å²) < 4.78 is 0. The summed E-state index contributed by atoms with van der Waals surface area (Å²) >= 11 is 6.17. The van der Waals surface area contributed by atoms with Crippen LogP contribution >= 0.6 is 11.6 Å². The first kappa shape index (κ1) is 14.2. The van der Waals surface area contributed by atoms with E-state index >= 15 is 0 Å². The molecule has 4 heteroatoms. The molecule has 0 aromatic carbocycles. The molecule has 0 amide bonds. The van der Waals surface area contributed by atoms with Gasteiger partial charge < -0.3 is 4.90 Å². The molecule has 1 heterocycles. The number of nitrogens with zero attached hydrogens (tertiary/aromatic N) is 3. The van der Waals surface area contributed by atoms with Crippen molar-refractivity contribution in [1.82, 2.24) is 9.97 Å². The first-order chi connectivity index (χ1) is 8.10. The molecule has 0 aliphatic heterocycles. The van der Waals surface area contributed by atoms with Crippen LogP contribution in [0.5, 0.6) is 0 Å². The Morgan fingerprint density at radius 3 is 2.53 bits per heavy atom. The fourth-order valence-corrected chi connectivity index (χ4v) is 2.15. The van der Waals surface area contributed by atoms with E-state index in [4.69, 9.17) is 11.6 Å². The minimum absolute atomic E-state index is 0.596. The second-order valence-electron chi connectivity index (χ2n) is 4.65. The van der Waals surface area contributed by atoms with Crippen LogP contribution < -0.4 is 4.90 Å². The Labute approximate surface area is 109 Å². The van der Waals surface area contributed by atoms with Gasteiger partial charge in [0, 0.05) is 18.7 Å². The highest BCUT2D eigenvalue weighted by Gasteiger charge is 2.15. The molecule has 3 nitrogen and oxygen atoms in total. The van der Waals surface area contributed by atoms with E-state index in [1.165, 1.54) is 0 Å². The minimum atomic E-state index is 0.596. The lowest BCUT2D eigenvalue weighted by Crippen LogP contribution is -2.29. The van der Waals surface area contributed by atoms with Crippen molar-refractivity contribution in [2.24, 2.45) is 5.92 Å². The van der Waals surface area contributed by atoms with Crippen molar-refractivity contribution < 1.29 is 0 Å². The average Bonchev–Trinajstić information content (AvgIpc) is 2.29. The van der Waals surface area contributed by atoms with Crippen molar-refractivity contribution in [3.8, 4) is 0 Å². The maximum Gasteiger partial charge on any atom is 0.137 e. The zero-order valence-electron chi connectivity index (χ0n) is 11.2. The summed E-state index contributed by atoms with van der Waals surface area (Å²) in [5.74, 6) is 1.61. The third kappa shape index (κ3) is 3.84. The Kier molecular flexibility index (Phi) is 5.69. The lowest BCUT2D eigenvalue weighted by molar-refractivity contribution is 0.611. The fraction of sp³-hybridized carbons (Fsp3) is 0.692. The summed E-state index contributed by atoms with van der Waals surface area (Å²) in [5, 5.41) is 0.596. The van der Waals surface area contributed by atoms with Crippen LogP contribution in [0.3, 0.4) is 0 Å². The molecule has 0 radical (unpaired) electrons. The molecular formula is C13H22ClN3. The van der Waals surface area contributed by atoms with Crippen LogP contribution in [-0.4, -0.2) is 23.1 Å². The van der Waals surface area contributed by atoms with Crippen LogP contribution in [0, 0.1) is 5.92 Å². The van der Waals surface area contributed by atoms with Crippen molar-refractivity contribution in [3.63, 3.8) is 0 Å². The van der Waals surface area contributed by atoms with Gasteiger partial charge in [-0.1, -0.05) is 38.8 Å². The number of aromatic nitrogens is 2.